The Labute approximate surface area is 111 Å². The zero-order valence-electron chi connectivity index (χ0n) is 10.6. The smallest absolute Gasteiger partial charge is 0.263 e. The van der Waals surface area contributed by atoms with Crippen molar-refractivity contribution >= 4 is 22.4 Å². The minimum Gasteiger partial charge on any atom is -0.378 e. The van der Waals surface area contributed by atoms with Gasteiger partial charge in [0.15, 0.2) is 5.13 Å². The van der Waals surface area contributed by atoms with Crippen LogP contribution in [0.4, 0.5) is 5.13 Å². The predicted octanol–water partition coefficient (Wildman–Crippen LogP) is 1.72. The van der Waals surface area contributed by atoms with Gasteiger partial charge in [-0.2, -0.15) is 0 Å². The highest BCUT2D eigenvalue weighted by Crippen LogP contribution is 2.19. The lowest BCUT2D eigenvalue weighted by molar-refractivity contribution is 0.0117. The van der Waals surface area contributed by atoms with Crippen molar-refractivity contribution in [3.63, 3.8) is 0 Å². The molecule has 0 radical (unpaired) electrons. The molecule has 1 aromatic rings. The second-order valence-corrected chi connectivity index (χ2v) is 5.53. The molecule has 1 atom stereocenters. The van der Waals surface area contributed by atoms with Gasteiger partial charge < -0.3 is 15.8 Å². The molecular formula is C12H19N3O2S. The molecule has 2 heterocycles. The van der Waals surface area contributed by atoms with Crippen molar-refractivity contribution < 1.29 is 9.53 Å². The van der Waals surface area contributed by atoms with Crippen molar-refractivity contribution in [1.82, 2.24) is 10.3 Å². The molecule has 18 heavy (non-hydrogen) atoms. The van der Waals surface area contributed by atoms with Gasteiger partial charge in [0, 0.05) is 13.2 Å². The molecule has 0 aromatic carbocycles. The summed E-state index contributed by atoms with van der Waals surface area (Å²) in [5, 5.41) is 3.33. The van der Waals surface area contributed by atoms with Crippen molar-refractivity contribution in [1.29, 1.82) is 0 Å². The van der Waals surface area contributed by atoms with Crippen LogP contribution in [0.5, 0.6) is 0 Å². The van der Waals surface area contributed by atoms with Crippen molar-refractivity contribution in [2.75, 3.05) is 18.9 Å². The van der Waals surface area contributed by atoms with Crippen LogP contribution in [0.15, 0.2) is 0 Å². The maximum Gasteiger partial charge on any atom is 0.263 e. The Kier molecular flexibility index (Phi) is 4.54. The first-order valence-electron chi connectivity index (χ1n) is 6.29. The highest BCUT2D eigenvalue weighted by atomic mass is 32.1. The number of nitrogens with one attached hydrogen (secondary N) is 1. The Morgan fingerprint density at radius 3 is 3.06 bits per heavy atom. The number of nitrogens with two attached hydrogens (primary N) is 1. The van der Waals surface area contributed by atoms with Crippen LogP contribution in [-0.4, -0.2) is 30.1 Å². The van der Waals surface area contributed by atoms with E-state index in [-0.39, 0.29) is 5.91 Å². The van der Waals surface area contributed by atoms with Gasteiger partial charge in [0.1, 0.15) is 4.88 Å². The normalized spacial score (nSPS) is 19.7. The molecule has 2 rings (SSSR count). The third-order valence-corrected chi connectivity index (χ3v) is 4.03. The maximum absolute atomic E-state index is 11.9. The van der Waals surface area contributed by atoms with Gasteiger partial charge in [0.25, 0.3) is 5.91 Å². The van der Waals surface area contributed by atoms with Gasteiger partial charge in [-0.1, -0.05) is 11.3 Å². The Bertz CT molecular complexity index is 413. The first-order chi connectivity index (χ1) is 8.66. The SMILES string of the molecule is Cc1nc(N)sc1C(=O)NCC[C@@H]1CCCCO1. The molecule has 1 aliphatic heterocycles. The quantitative estimate of drug-likeness (QED) is 0.872. The number of carbonyl (C=O) groups excluding carboxylic acids is 1. The summed E-state index contributed by atoms with van der Waals surface area (Å²) in [6, 6.07) is 0. The van der Waals surface area contributed by atoms with E-state index in [0.29, 0.717) is 28.4 Å². The summed E-state index contributed by atoms with van der Waals surface area (Å²) in [6.45, 7) is 3.29. The van der Waals surface area contributed by atoms with E-state index in [1.807, 2.05) is 0 Å². The molecule has 1 aliphatic rings. The second kappa shape index (κ2) is 6.15. The maximum atomic E-state index is 11.9. The first-order valence-corrected chi connectivity index (χ1v) is 7.11. The van der Waals surface area contributed by atoms with E-state index in [4.69, 9.17) is 10.5 Å². The predicted molar refractivity (Wildman–Crippen MR) is 71.8 cm³/mol. The van der Waals surface area contributed by atoms with Gasteiger partial charge in [-0.15, -0.1) is 0 Å². The number of anilines is 1. The van der Waals surface area contributed by atoms with Gasteiger partial charge in [-0.25, -0.2) is 4.98 Å². The molecule has 0 unspecified atom stereocenters. The molecule has 1 amide bonds. The number of rotatable bonds is 4. The van der Waals surface area contributed by atoms with Gasteiger partial charge in [-0.05, 0) is 32.6 Å². The lowest BCUT2D eigenvalue weighted by Gasteiger charge is -2.22. The monoisotopic (exact) mass is 269 g/mol. The van der Waals surface area contributed by atoms with Crippen LogP contribution in [0.25, 0.3) is 0 Å². The summed E-state index contributed by atoms with van der Waals surface area (Å²) in [4.78, 5) is 16.5. The highest BCUT2D eigenvalue weighted by Gasteiger charge is 2.16. The topological polar surface area (TPSA) is 77.2 Å². The zero-order chi connectivity index (χ0) is 13.0. The average molecular weight is 269 g/mol. The van der Waals surface area contributed by atoms with Crippen LogP contribution in [0.3, 0.4) is 0 Å². The first kappa shape index (κ1) is 13.3. The number of aromatic nitrogens is 1. The number of amides is 1. The van der Waals surface area contributed by atoms with E-state index in [0.717, 1.165) is 25.9 Å². The Morgan fingerprint density at radius 2 is 2.44 bits per heavy atom. The zero-order valence-corrected chi connectivity index (χ0v) is 11.4. The largest absolute Gasteiger partial charge is 0.378 e. The number of nitrogen functional groups attached to an aromatic ring is 1. The summed E-state index contributed by atoms with van der Waals surface area (Å²) < 4.78 is 5.61. The standard InChI is InChI=1S/C12H19N3O2S/c1-8-10(18-12(13)15-8)11(16)14-6-5-9-4-2-3-7-17-9/h9H,2-7H2,1H3,(H2,13,15)(H,14,16)/t9-/m0/s1. The number of carbonyl (C=O) groups is 1. The van der Waals surface area contributed by atoms with E-state index in [1.165, 1.54) is 17.8 Å². The van der Waals surface area contributed by atoms with Gasteiger partial charge in [0.05, 0.1) is 11.8 Å². The molecule has 0 spiro atoms. The van der Waals surface area contributed by atoms with Crippen molar-refractivity contribution in [3.8, 4) is 0 Å². The van der Waals surface area contributed by atoms with Gasteiger partial charge in [0.2, 0.25) is 0 Å². The summed E-state index contributed by atoms with van der Waals surface area (Å²) in [5.41, 5.74) is 6.27. The minimum atomic E-state index is -0.0856. The molecule has 100 valence electrons. The fraction of sp³-hybridized carbons (Fsp3) is 0.667. The Hall–Kier alpha value is -1.14. The Balaban J connectivity index is 1.76. The van der Waals surface area contributed by atoms with Gasteiger partial charge in [-0.3, -0.25) is 4.79 Å². The molecular weight excluding hydrogens is 250 g/mol. The van der Waals surface area contributed by atoms with E-state index >= 15 is 0 Å². The lowest BCUT2D eigenvalue weighted by atomic mass is 10.1. The summed E-state index contributed by atoms with van der Waals surface area (Å²) >= 11 is 1.23. The van der Waals surface area contributed by atoms with Crippen LogP contribution in [0, 0.1) is 6.92 Å². The molecule has 5 nitrogen and oxygen atoms in total. The summed E-state index contributed by atoms with van der Waals surface area (Å²) in [5.74, 6) is -0.0856. The minimum absolute atomic E-state index is 0.0856. The van der Waals surface area contributed by atoms with Crippen LogP contribution >= 0.6 is 11.3 Å². The second-order valence-electron chi connectivity index (χ2n) is 4.50. The van der Waals surface area contributed by atoms with Crippen LogP contribution in [0.2, 0.25) is 0 Å². The molecule has 0 bridgehead atoms. The van der Waals surface area contributed by atoms with Crippen LogP contribution < -0.4 is 11.1 Å². The molecule has 6 heteroatoms. The number of hydrogen-bond acceptors (Lipinski definition) is 5. The van der Waals surface area contributed by atoms with Crippen LogP contribution in [0.1, 0.15) is 41.0 Å². The Morgan fingerprint density at radius 1 is 1.61 bits per heavy atom. The van der Waals surface area contributed by atoms with E-state index in [9.17, 15) is 4.79 Å². The van der Waals surface area contributed by atoms with E-state index in [1.54, 1.807) is 6.92 Å². The molecule has 0 aliphatic carbocycles. The van der Waals surface area contributed by atoms with Crippen molar-refractivity contribution in [2.45, 2.75) is 38.7 Å². The van der Waals surface area contributed by atoms with Crippen LogP contribution in [-0.2, 0) is 4.74 Å². The summed E-state index contributed by atoms with van der Waals surface area (Å²) in [6.07, 6.45) is 4.65. The fourth-order valence-electron chi connectivity index (χ4n) is 2.09. The third kappa shape index (κ3) is 3.43. The number of ether oxygens (including phenoxy) is 1. The summed E-state index contributed by atoms with van der Waals surface area (Å²) in [7, 11) is 0. The highest BCUT2D eigenvalue weighted by molar-refractivity contribution is 7.17. The van der Waals surface area contributed by atoms with Crippen molar-refractivity contribution in [2.24, 2.45) is 0 Å². The van der Waals surface area contributed by atoms with Gasteiger partial charge >= 0.3 is 0 Å². The fourth-order valence-corrected chi connectivity index (χ4v) is 2.84. The third-order valence-electron chi connectivity index (χ3n) is 3.05. The average Bonchev–Trinajstić information content (AvgIpc) is 2.70. The lowest BCUT2D eigenvalue weighted by Crippen LogP contribution is -2.29. The van der Waals surface area contributed by atoms with Crippen molar-refractivity contribution in [3.05, 3.63) is 10.6 Å². The number of hydrogen-bond donors (Lipinski definition) is 2. The molecule has 1 fully saturated rings. The van der Waals surface area contributed by atoms with E-state index in [2.05, 4.69) is 10.3 Å². The molecule has 1 aromatic heterocycles. The van der Waals surface area contributed by atoms with E-state index < -0.39 is 0 Å². The number of nitrogens with zero attached hydrogens (tertiary/aromatic N) is 1. The number of aryl methyl sites for hydroxylation is 1. The number of thiazole rings is 1. The molecule has 3 N–H and O–H groups in total. The molecule has 1 saturated heterocycles. The molecule has 0 saturated carbocycles.